The van der Waals surface area contributed by atoms with Crippen LogP contribution in [0, 0.1) is 5.82 Å². The number of aliphatic hydroxyl groups is 1. The molecule has 0 aliphatic rings. The molecule has 0 saturated carbocycles. The van der Waals surface area contributed by atoms with Crippen molar-refractivity contribution in [3.63, 3.8) is 0 Å². The van der Waals surface area contributed by atoms with E-state index in [1.54, 1.807) is 12.1 Å². The van der Waals surface area contributed by atoms with Crippen LogP contribution in [0.15, 0.2) is 24.3 Å². The maximum atomic E-state index is 13.0. The Labute approximate surface area is 107 Å². The van der Waals surface area contributed by atoms with Crippen LogP contribution in [-0.4, -0.2) is 23.0 Å². The SMILES string of the molecule is CCCCC(=O)C(O)C(N)Cc1cccc(F)c1. The Bertz CT molecular complexity index is 395. The summed E-state index contributed by atoms with van der Waals surface area (Å²) in [6, 6.07) is 5.34. The number of unbranched alkanes of at least 4 members (excludes halogenated alkanes) is 1. The standard InChI is InChI=1S/C14H20FNO2/c1-2-3-7-13(17)14(18)12(16)9-10-5-4-6-11(15)8-10/h4-6,8,12,14,18H,2-3,7,9,16H2,1H3. The molecule has 4 heteroatoms. The zero-order chi connectivity index (χ0) is 13.5. The van der Waals surface area contributed by atoms with E-state index >= 15 is 0 Å². The van der Waals surface area contributed by atoms with Gasteiger partial charge in [-0.3, -0.25) is 4.79 Å². The molecular weight excluding hydrogens is 233 g/mol. The van der Waals surface area contributed by atoms with Gasteiger partial charge in [0.25, 0.3) is 0 Å². The third-order valence-electron chi connectivity index (χ3n) is 2.87. The Balaban J connectivity index is 2.54. The first-order valence-electron chi connectivity index (χ1n) is 6.25. The van der Waals surface area contributed by atoms with Gasteiger partial charge in [0.15, 0.2) is 5.78 Å². The molecule has 0 bridgehead atoms. The van der Waals surface area contributed by atoms with Crippen LogP contribution < -0.4 is 5.73 Å². The summed E-state index contributed by atoms with van der Waals surface area (Å²) in [5.41, 5.74) is 6.46. The van der Waals surface area contributed by atoms with Crippen molar-refractivity contribution in [3.05, 3.63) is 35.6 Å². The van der Waals surface area contributed by atoms with Crippen LogP contribution in [0.5, 0.6) is 0 Å². The monoisotopic (exact) mass is 253 g/mol. The van der Waals surface area contributed by atoms with E-state index in [0.717, 1.165) is 12.8 Å². The van der Waals surface area contributed by atoms with Crippen molar-refractivity contribution in [1.82, 2.24) is 0 Å². The highest BCUT2D eigenvalue weighted by Gasteiger charge is 2.22. The van der Waals surface area contributed by atoms with Gasteiger partial charge < -0.3 is 10.8 Å². The minimum absolute atomic E-state index is 0.235. The molecule has 0 aromatic heterocycles. The van der Waals surface area contributed by atoms with Crippen molar-refractivity contribution in [1.29, 1.82) is 0 Å². The lowest BCUT2D eigenvalue weighted by Crippen LogP contribution is -2.42. The molecule has 3 nitrogen and oxygen atoms in total. The van der Waals surface area contributed by atoms with Crippen LogP contribution in [0.2, 0.25) is 0 Å². The fraction of sp³-hybridized carbons (Fsp3) is 0.500. The summed E-state index contributed by atoms with van der Waals surface area (Å²) in [4.78, 5) is 11.6. The minimum atomic E-state index is -1.17. The van der Waals surface area contributed by atoms with Crippen LogP contribution in [0.25, 0.3) is 0 Å². The molecule has 100 valence electrons. The summed E-state index contributed by atoms with van der Waals surface area (Å²) < 4.78 is 13.0. The first kappa shape index (κ1) is 14.8. The lowest BCUT2D eigenvalue weighted by Gasteiger charge is -2.17. The number of halogens is 1. The second-order valence-electron chi connectivity index (χ2n) is 4.51. The number of aliphatic hydroxyl groups excluding tert-OH is 1. The number of benzene rings is 1. The van der Waals surface area contributed by atoms with Gasteiger partial charge in [0.2, 0.25) is 0 Å². The molecule has 2 unspecified atom stereocenters. The van der Waals surface area contributed by atoms with Crippen LogP contribution in [0.3, 0.4) is 0 Å². The minimum Gasteiger partial charge on any atom is -0.384 e. The fourth-order valence-corrected chi connectivity index (χ4v) is 1.79. The lowest BCUT2D eigenvalue weighted by molar-refractivity contribution is -0.128. The average molecular weight is 253 g/mol. The van der Waals surface area contributed by atoms with Crippen molar-refractivity contribution in [2.24, 2.45) is 5.73 Å². The number of carbonyl (C=O) groups is 1. The Morgan fingerprint density at radius 2 is 2.22 bits per heavy atom. The Kier molecular flexibility index (Phi) is 5.95. The number of Topliss-reactive ketones (excluding diaryl/α,β-unsaturated/α-hetero) is 1. The summed E-state index contributed by atoms with van der Waals surface area (Å²) >= 11 is 0. The van der Waals surface area contributed by atoms with E-state index in [9.17, 15) is 14.3 Å². The van der Waals surface area contributed by atoms with Gasteiger partial charge in [-0.1, -0.05) is 25.5 Å². The molecule has 0 aliphatic heterocycles. The highest BCUT2D eigenvalue weighted by atomic mass is 19.1. The summed E-state index contributed by atoms with van der Waals surface area (Å²) in [7, 11) is 0. The molecular formula is C14H20FNO2. The predicted molar refractivity (Wildman–Crippen MR) is 68.6 cm³/mol. The third kappa shape index (κ3) is 4.55. The normalized spacial score (nSPS) is 14.2. The highest BCUT2D eigenvalue weighted by molar-refractivity contribution is 5.83. The number of ketones is 1. The van der Waals surface area contributed by atoms with Crippen molar-refractivity contribution in [2.45, 2.75) is 44.8 Å². The molecule has 1 aromatic carbocycles. The Morgan fingerprint density at radius 1 is 1.50 bits per heavy atom. The zero-order valence-electron chi connectivity index (χ0n) is 10.6. The van der Waals surface area contributed by atoms with Gasteiger partial charge in [0.05, 0.1) is 0 Å². The molecule has 0 aliphatic carbocycles. The number of hydrogen-bond donors (Lipinski definition) is 2. The molecule has 0 fully saturated rings. The molecule has 2 atom stereocenters. The maximum absolute atomic E-state index is 13.0. The summed E-state index contributed by atoms with van der Waals surface area (Å²) in [6.07, 6.45) is 1.12. The molecule has 1 aromatic rings. The number of carbonyl (C=O) groups excluding carboxylic acids is 1. The molecule has 0 heterocycles. The van der Waals surface area contributed by atoms with Crippen molar-refractivity contribution in [2.75, 3.05) is 0 Å². The van der Waals surface area contributed by atoms with Gasteiger partial charge in [-0.05, 0) is 30.5 Å². The third-order valence-corrected chi connectivity index (χ3v) is 2.87. The summed E-state index contributed by atoms with van der Waals surface area (Å²) in [6.45, 7) is 1.98. The second kappa shape index (κ2) is 7.24. The average Bonchev–Trinajstić information content (AvgIpc) is 2.35. The van der Waals surface area contributed by atoms with Crippen LogP contribution in [0.1, 0.15) is 31.7 Å². The van der Waals surface area contributed by atoms with Gasteiger partial charge in [-0.25, -0.2) is 4.39 Å². The van der Waals surface area contributed by atoms with Crippen LogP contribution in [0.4, 0.5) is 4.39 Å². The molecule has 18 heavy (non-hydrogen) atoms. The van der Waals surface area contributed by atoms with Gasteiger partial charge in [0.1, 0.15) is 11.9 Å². The molecule has 0 saturated heterocycles. The second-order valence-corrected chi connectivity index (χ2v) is 4.51. The first-order chi connectivity index (χ1) is 8.54. The van der Waals surface area contributed by atoms with Crippen molar-refractivity contribution in [3.8, 4) is 0 Å². The lowest BCUT2D eigenvalue weighted by atomic mass is 9.97. The molecule has 0 spiro atoms. The topological polar surface area (TPSA) is 63.3 Å². The van der Waals surface area contributed by atoms with Crippen LogP contribution in [-0.2, 0) is 11.2 Å². The smallest absolute Gasteiger partial charge is 0.162 e. The predicted octanol–water partition coefficient (Wildman–Crippen LogP) is 1.82. The van der Waals surface area contributed by atoms with E-state index in [4.69, 9.17) is 5.73 Å². The number of rotatable bonds is 7. The molecule has 1 rings (SSSR count). The highest BCUT2D eigenvalue weighted by Crippen LogP contribution is 2.09. The molecule has 3 N–H and O–H groups in total. The maximum Gasteiger partial charge on any atom is 0.162 e. The fourth-order valence-electron chi connectivity index (χ4n) is 1.79. The van der Waals surface area contributed by atoms with E-state index in [0.29, 0.717) is 12.0 Å². The van der Waals surface area contributed by atoms with Gasteiger partial charge in [-0.2, -0.15) is 0 Å². The van der Waals surface area contributed by atoms with E-state index in [1.165, 1.54) is 12.1 Å². The summed E-state index contributed by atoms with van der Waals surface area (Å²) in [5.74, 6) is -0.577. The van der Waals surface area contributed by atoms with Crippen LogP contribution >= 0.6 is 0 Å². The van der Waals surface area contributed by atoms with Crippen molar-refractivity contribution < 1.29 is 14.3 Å². The van der Waals surface area contributed by atoms with Gasteiger partial charge in [0, 0.05) is 12.5 Å². The van der Waals surface area contributed by atoms with E-state index < -0.39 is 12.1 Å². The van der Waals surface area contributed by atoms with E-state index in [1.807, 2.05) is 6.92 Å². The van der Waals surface area contributed by atoms with Gasteiger partial charge >= 0.3 is 0 Å². The summed E-state index contributed by atoms with van der Waals surface area (Å²) in [5, 5.41) is 9.78. The number of hydrogen-bond acceptors (Lipinski definition) is 3. The Morgan fingerprint density at radius 3 is 2.83 bits per heavy atom. The first-order valence-corrected chi connectivity index (χ1v) is 6.25. The molecule has 0 radical (unpaired) electrons. The Hall–Kier alpha value is -1.26. The molecule has 0 amide bonds. The van der Waals surface area contributed by atoms with E-state index in [2.05, 4.69) is 0 Å². The zero-order valence-corrected chi connectivity index (χ0v) is 10.6. The largest absolute Gasteiger partial charge is 0.384 e. The van der Waals surface area contributed by atoms with E-state index in [-0.39, 0.29) is 18.0 Å². The van der Waals surface area contributed by atoms with Gasteiger partial charge in [-0.15, -0.1) is 0 Å². The quantitative estimate of drug-likeness (QED) is 0.779. The van der Waals surface area contributed by atoms with Crippen molar-refractivity contribution >= 4 is 5.78 Å². The number of nitrogens with two attached hydrogens (primary N) is 1.